The number of carbonyl (C=O) groups excluding carboxylic acids is 1. The number of aryl methyl sites for hydroxylation is 1. The molecule has 0 spiro atoms. The highest BCUT2D eigenvalue weighted by Gasteiger charge is 2.28. The number of anilines is 1. The standard InChI is InChI=1S/C17H25NO/c1-12-9-13(2)11-15(10-12)17(19)8-5-14-3-6-16(18)7-4-14/h3-4,6-7,12-13,15H,5,8-11,18H2,1-2H3. The van der Waals surface area contributed by atoms with E-state index in [1.54, 1.807) is 0 Å². The second kappa shape index (κ2) is 6.23. The van der Waals surface area contributed by atoms with Crippen LogP contribution in [0.15, 0.2) is 24.3 Å². The zero-order valence-electron chi connectivity index (χ0n) is 12.1. The molecule has 2 rings (SSSR count). The van der Waals surface area contributed by atoms with Crippen molar-refractivity contribution in [3.8, 4) is 0 Å². The Balaban J connectivity index is 1.85. The van der Waals surface area contributed by atoms with Gasteiger partial charge in [-0.3, -0.25) is 4.79 Å². The van der Waals surface area contributed by atoms with Crippen molar-refractivity contribution in [2.75, 3.05) is 5.73 Å². The number of nitrogens with two attached hydrogens (primary N) is 1. The molecule has 2 unspecified atom stereocenters. The van der Waals surface area contributed by atoms with Gasteiger partial charge in [-0.15, -0.1) is 0 Å². The molecular weight excluding hydrogens is 234 g/mol. The SMILES string of the molecule is CC1CC(C)CC(C(=O)CCc2ccc(N)cc2)C1. The second-order valence-corrected chi connectivity index (χ2v) is 6.32. The van der Waals surface area contributed by atoms with E-state index in [2.05, 4.69) is 13.8 Å². The molecule has 2 nitrogen and oxygen atoms in total. The average molecular weight is 259 g/mol. The molecule has 104 valence electrons. The number of benzene rings is 1. The Kier molecular flexibility index (Phi) is 4.62. The monoisotopic (exact) mass is 259 g/mol. The van der Waals surface area contributed by atoms with Crippen molar-refractivity contribution in [3.63, 3.8) is 0 Å². The van der Waals surface area contributed by atoms with Crippen LogP contribution in [-0.4, -0.2) is 5.78 Å². The lowest BCUT2D eigenvalue weighted by molar-refractivity contribution is -0.124. The van der Waals surface area contributed by atoms with E-state index < -0.39 is 0 Å². The molecule has 1 aromatic rings. The summed E-state index contributed by atoms with van der Waals surface area (Å²) in [6, 6.07) is 7.86. The van der Waals surface area contributed by atoms with Crippen molar-refractivity contribution in [2.24, 2.45) is 17.8 Å². The van der Waals surface area contributed by atoms with Crippen LogP contribution in [0.1, 0.15) is 45.1 Å². The molecule has 0 heterocycles. The fourth-order valence-corrected chi connectivity index (χ4v) is 3.37. The third-order valence-corrected chi connectivity index (χ3v) is 4.27. The van der Waals surface area contributed by atoms with Crippen molar-refractivity contribution < 1.29 is 4.79 Å². The van der Waals surface area contributed by atoms with E-state index in [0.717, 1.165) is 24.9 Å². The molecule has 19 heavy (non-hydrogen) atoms. The molecule has 0 amide bonds. The van der Waals surface area contributed by atoms with Crippen LogP contribution in [-0.2, 0) is 11.2 Å². The molecule has 1 aliphatic rings. The number of ketones is 1. The van der Waals surface area contributed by atoms with Crippen LogP contribution in [0.4, 0.5) is 5.69 Å². The van der Waals surface area contributed by atoms with Gasteiger partial charge in [-0.25, -0.2) is 0 Å². The maximum Gasteiger partial charge on any atom is 0.136 e. The lowest BCUT2D eigenvalue weighted by Gasteiger charge is -2.30. The third-order valence-electron chi connectivity index (χ3n) is 4.27. The van der Waals surface area contributed by atoms with E-state index in [-0.39, 0.29) is 0 Å². The first kappa shape index (κ1) is 14.1. The molecule has 0 radical (unpaired) electrons. The average Bonchev–Trinajstić information content (AvgIpc) is 2.36. The number of hydrogen-bond acceptors (Lipinski definition) is 2. The highest BCUT2D eigenvalue weighted by Crippen LogP contribution is 2.34. The molecule has 0 bridgehead atoms. The van der Waals surface area contributed by atoms with Crippen LogP contribution in [0.25, 0.3) is 0 Å². The minimum atomic E-state index is 0.299. The molecule has 1 aromatic carbocycles. The molecule has 2 N–H and O–H groups in total. The lowest BCUT2D eigenvalue weighted by Crippen LogP contribution is -2.26. The predicted molar refractivity (Wildman–Crippen MR) is 79.9 cm³/mol. The van der Waals surface area contributed by atoms with Gasteiger partial charge in [0.15, 0.2) is 0 Å². The maximum absolute atomic E-state index is 12.3. The van der Waals surface area contributed by atoms with Gasteiger partial charge in [-0.05, 0) is 55.2 Å². The van der Waals surface area contributed by atoms with Gasteiger partial charge in [-0.1, -0.05) is 26.0 Å². The summed E-state index contributed by atoms with van der Waals surface area (Å²) in [6.07, 6.45) is 4.98. The van der Waals surface area contributed by atoms with Crippen LogP contribution < -0.4 is 5.73 Å². The fraction of sp³-hybridized carbons (Fsp3) is 0.588. The van der Waals surface area contributed by atoms with Crippen LogP contribution in [0.2, 0.25) is 0 Å². The van der Waals surface area contributed by atoms with E-state index in [1.807, 2.05) is 24.3 Å². The summed E-state index contributed by atoms with van der Waals surface area (Å²) in [5.41, 5.74) is 7.65. The summed E-state index contributed by atoms with van der Waals surface area (Å²) in [5, 5.41) is 0. The van der Waals surface area contributed by atoms with Gasteiger partial charge in [0.1, 0.15) is 5.78 Å². The molecule has 1 fully saturated rings. The van der Waals surface area contributed by atoms with E-state index in [9.17, 15) is 4.79 Å². The summed E-state index contributed by atoms with van der Waals surface area (Å²) in [6.45, 7) is 4.55. The zero-order valence-corrected chi connectivity index (χ0v) is 12.1. The van der Waals surface area contributed by atoms with Crippen molar-refractivity contribution >= 4 is 11.5 Å². The van der Waals surface area contributed by atoms with E-state index >= 15 is 0 Å². The highest BCUT2D eigenvalue weighted by molar-refractivity contribution is 5.81. The normalized spacial score (nSPS) is 27.2. The lowest BCUT2D eigenvalue weighted by atomic mass is 9.74. The summed E-state index contributed by atoms with van der Waals surface area (Å²) < 4.78 is 0. The van der Waals surface area contributed by atoms with Gasteiger partial charge in [-0.2, -0.15) is 0 Å². The molecule has 1 saturated carbocycles. The molecule has 0 saturated heterocycles. The first-order valence-electron chi connectivity index (χ1n) is 7.41. The van der Waals surface area contributed by atoms with Gasteiger partial charge in [0.2, 0.25) is 0 Å². The van der Waals surface area contributed by atoms with Crippen LogP contribution in [0, 0.1) is 17.8 Å². The number of nitrogen functional groups attached to an aromatic ring is 1. The van der Waals surface area contributed by atoms with Gasteiger partial charge in [0, 0.05) is 18.0 Å². The van der Waals surface area contributed by atoms with Crippen LogP contribution >= 0.6 is 0 Å². The third kappa shape index (κ3) is 4.09. The molecule has 1 aliphatic carbocycles. The Hall–Kier alpha value is -1.31. The maximum atomic E-state index is 12.3. The first-order chi connectivity index (χ1) is 9.04. The number of carbonyl (C=O) groups is 1. The largest absolute Gasteiger partial charge is 0.399 e. The van der Waals surface area contributed by atoms with Gasteiger partial charge in [0.25, 0.3) is 0 Å². The zero-order chi connectivity index (χ0) is 13.8. The topological polar surface area (TPSA) is 43.1 Å². The van der Waals surface area contributed by atoms with E-state index in [1.165, 1.54) is 12.0 Å². The van der Waals surface area contributed by atoms with Crippen molar-refractivity contribution in [2.45, 2.75) is 46.0 Å². The Morgan fingerprint density at radius 2 is 1.68 bits per heavy atom. The first-order valence-corrected chi connectivity index (χ1v) is 7.41. The van der Waals surface area contributed by atoms with E-state index in [4.69, 9.17) is 5.73 Å². The molecule has 0 aromatic heterocycles. The van der Waals surface area contributed by atoms with Gasteiger partial charge >= 0.3 is 0 Å². The second-order valence-electron chi connectivity index (χ2n) is 6.32. The van der Waals surface area contributed by atoms with Crippen molar-refractivity contribution in [3.05, 3.63) is 29.8 Å². The number of hydrogen-bond donors (Lipinski definition) is 1. The molecular formula is C17H25NO. The van der Waals surface area contributed by atoms with E-state index in [0.29, 0.717) is 30.0 Å². The van der Waals surface area contributed by atoms with Crippen LogP contribution in [0.3, 0.4) is 0 Å². The summed E-state index contributed by atoms with van der Waals surface area (Å²) >= 11 is 0. The molecule has 2 atom stereocenters. The predicted octanol–water partition coefficient (Wildman–Crippen LogP) is 3.84. The van der Waals surface area contributed by atoms with Crippen molar-refractivity contribution in [1.82, 2.24) is 0 Å². The number of rotatable bonds is 4. The summed E-state index contributed by atoms with van der Waals surface area (Å²) in [4.78, 5) is 12.3. The highest BCUT2D eigenvalue weighted by atomic mass is 16.1. The van der Waals surface area contributed by atoms with Crippen molar-refractivity contribution in [1.29, 1.82) is 0 Å². The van der Waals surface area contributed by atoms with Gasteiger partial charge in [0.05, 0.1) is 0 Å². The molecule has 2 heteroatoms. The Bertz CT molecular complexity index is 413. The minimum Gasteiger partial charge on any atom is -0.399 e. The minimum absolute atomic E-state index is 0.299. The quantitative estimate of drug-likeness (QED) is 0.835. The Morgan fingerprint density at radius 1 is 1.11 bits per heavy atom. The number of Topliss-reactive ketones (excluding diaryl/α,β-unsaturated/α-hetero) is 1. The van der Waals surface area contributed by atoms with Crippen LogP contribution in [0.5, 0.6) is 0 Å². The molecule has 0 aliphatic heterocycles. The summed E-state index contributed by atoms with van der Waals surface area (Å²) in [5.74, 6) is 2.16. The Morgan fingerprint density at radius 3 is 2.26 bits per heavy atom. The fourth-order valence-electron chi connectivity index (χ4n) is 3.37. The summed E-state index contributed by atoms with van der Waals surface area (Å²) in [7, 11) is 0. The smallest absolute Gasteiger partial charge is 0.136 e. The van der Waals surface area contributed by atoms with Gasteiger partial charge < -0.3 is 5.73 Å². The Labute approximate surface area is 116 Å².